The van der Waals surface area contributed by atoms with Crippen LogP contribution in [0.5, 0.6) is 0 Å². The first-order valence-corrected chi connectivity index (χ1v) is 10.4. The molecule has 0 saturated heterocycles. The molecule has 2 N–H and O–H groups in total. The number of carboxylic acids is 4. The molecule has 0 bridgehead atoms. The minimum Gasteiger partial charge on any atom is -0.545 e. The van der Waals surface area contributed by atoms with Crippen LogP contribution in [0.4, 0.5) is 0 Å². The maximum absolute atomic E-state index is 10.7. The average molecular weight is 569 g/mol. The molecule has 0 heterocycles. The van der Waals surface area contributed by atoms with Crippen molar-refractivity contribution in [1.29, 1.82) is 0 Å². The number of carboxylic acid groups (broad SMARTS) is 4. The first-order valence-electron chi connectivity index (χ1n) is 7.54. The Balaban J connectivity index is 0. The third kappa shape index (κ3) is 10.5. The summed E-state index contributed by atoms with van der Waals surface area (Å²) >= 11 is 0. The normalized spacial score (nSPS) is 10.4. The van der Waals surface area contributed by atoms with Gasteiger partial charge >= 0.3 is 75.5 Å². The van der Waals surface area contributed by atoms with Gasteiger partial charge in [-0.3, -0.25) is 9.11 Å². The summed E-state index contributed by atoms with van der Waals surface area (Å²) in [6, 6.07) is 3.65. The zero-order valence-corrected chi connectivity index (χ0v) is 22.5. The van der Waals surface area contributed by atoms with Crippen LogP contribution in [0.3, 0.4) is 0 Å². The molecule has 0 radical (unpaired) electrons. The van der Waals surface area contributed by atoms with Gasteiger partial charge in [-0.1, -0.05) is 0 Å². The van der Waals surface area contributed by atoms with E-state index in [2.05, 4.69) is 0 Å². The zero-order chi connectivity index (χ0) is 25.0. The molecule has 172 valence electrons. The van der Waals surface area contributed by atoms with E-state index in [9.17, 15) is 56.4 Å². The Hall–Kier alpha value is -1.34. The van der Waals surface area contributed by atoms with Crippen molar-refractivity contribution < 1.29 is 65.5 Å². The largest absolute Gasteiger partial charge is 2.00 e. The van der Waals surface area contributed by atoms with Crippen LogP contribution in [0.2, 0.25) is 0 Å². The topological polar surface area (TPSA) is 269 Å². The summed E-state index contributed by atoms with van der Waals surface area (Å²) < 4.78 is 60.1. The molecule has 0 aromatic heterocycles. The van der Waals surface area contributed by atoms with E-state index in [0.717, 1.165) is 0 Å². The fourth-order valence-corrected chi connectivity index (χ4v) is 3.07. The second kappa shape index (κ2) is 13.7. The Morgan fingerprint density at radius 1 is 0.500 bits per heavy atom. The average Bonchev–Trinajstić information content (AvgIpc) is 2.66. The van der Waals surface area contributed by atoms with Crippen molar-refractivity contribution in [2.75, 3.05) is 0 Å². The monoisotopic (exact) mass is 568 g/mol. The van der Waals surface area contributed by atoms with Crippen LogP contribution in [-0.2, 0) is 20.2 Å². The number of carbonyl (C=O) groups excluding carboxylic acids is 4. The van der Waals surface area contributed by atoms with Gasteiger partial charge < -0.3 is 39.6 Å². The van der Waals surface area contributed by atoms with Gasteiger partial charge in [-0.25, -0.2) is 0 Å². The number of carbonyl (C=O) groups is 4. The van der Waals surface area contributed by atoms with Crippen LogP contribution < -0.4 is 20.4 Å². The smallest absolute Gasteiger partial charge is 0.545 e. The van der Waals surface area contributed by atoms with Gasteiger partial charge in [0.1, 0.15) is 0 Å². The van der Waals surface area contributed by atoms with E-state index in [1.54, 1.807) is 0 Å². The second-order valence-electron chi connectivity index (χ2n) is 5.59. The predicted molar refractivity (Wildman–Crippen MR) is 101 cm³/mol. The molecule has 0 fully saturated rings. The van der Waals surface area contributed by atoms with Crippen molar-refractivity contribution in [3.05, 3.63) is 58.7 Å². The Bertz CT molecular complexity index is 1170. The SMILES string of the molecule is O=C([O-])c1cc(C(=O)[O-])cc(S(=O)(=O)O)c1.O=C([O-])c1cc(C(=O)[O-])cc(S(=O)(=O)O)c1.[Ca+2].[Ca+2]. The molecule has 34 heavy (non-hydrogen) atoms. The number of benzene rings is 2. The molecule has 2 aromatic carbocycles. The van der Waals surface area contributed by atoms with Crippen LogP contribution in [0, 0.1) is 0 Å². The minimum atomic E-state index is -4.70. The van der Waals surface area contributed by atoms with E-state index >= 15 is 0 Å². The third-order valence-corrected chi connectivity index (χ3v) is 5.01. The van der Waals surface area contributed by atoms with Gasteiger partial charge in [0, 0.05) is 0 Å². The van der Waals surface area contributed by atoms with E-state index in [-0.39, 0.29) is 75.5 Å². The van der Waals surface area contributed by atoms with Crippen LogP contribution in [0.25, 0.3) is 0 Å². The van der Waals surface area contributed by atoms with Gasteiger partial charge in [-0.2, -0.15) is 16.8 Å². The second-order valence-corrected chi connectivity index (χ2v) is 8.44. The summed E-state index contributed by atoms with van der Waals surface area (Å²) in [5, 5.41) is 41.8. The van der Waals surface area contributed by atoms with Crippen molar-refractivity contribution >= 4 is 120 Å². The number of rotatable bonds is 6. The maximum atomic E-state index is 10.7. The van der Waals surface area contributed by atoms with Crippen LogP contribution in [0.1, 0.15) is 41.4 Å². The van der Waals surface area contributed by atoms with Gasteiger partial charge in [0.15, 0.2) is 0 Å². The molecule has 14 nitrogen and oxygen atoms in total. The molecule has 18 heteroatoms. The standard InChI is InChI=1S/2C8H6O7S.2Ca/c2*9-7(10)4-1-5(8(11)12)3-6(2-4)16(13,14)15;;/h2*1-3H,(H,9,10)(H,11,12)(H,13,14,15);;/q;;2*+2/p-4. The summed E-state index contributed by atoms with van der Waals surface area (Å²) in [5.41, 5.74) is -2.74. The first-order chi connectivity index (χ1) is 14.4. The number of hydrogen-bond acceptors (Lipinski definition) is 12. The Labute approximate surface area is 250 Å². The molecular formula is C16H8Ca2O14S2. The van der Waals surface area contributed by atoms with Crippen molar-refractivity contribution in [3.8, 4) is 0 Å². The summed E-state index contributed by atoms with van der Waals surface area (Å²) in [6.07, 6.45) is 0. The van der Waals surface area contributed by atoms with E-state index in [4.69, 9.17) is 9.11 Å². The van der Waals surface area contributed by atoms with Crippen LogP contribution in [0.15, 0.2) is 46.2 Å². The summed E-state index contributed by atoms with van der Waals surface area (Å²) in [4.78, 5) is 40.1. The summed E-state index contributed by atoms with van der Waals surface area (Å²) in [6.45, 7) is 0. The fraction of sp³-hybridized carbons (Fsp3) is 0. The maximum Gasteiger partial charge on any atom is 2.00 e. The van der Waals surface area contributed by atoms with Gasteiger partial charge in [-0.15, -0.1) is 0 Å². The third-order valence-electron chi connectivity index (χ3n) is 3.35. The van der Waals surface area contributed by atoms with Gasteiger partial charge in [0.2, 0.25) is 0 Å². The van der Waals surface area contributed by atoms with Crippen LogP contribution in [-0.4, -0.2) is 125 Å². The molecule has 0 amide bonds. The Kier molecular flexibility index (Phi) is 14.0. The van der Waals surface area contributed by atoms with Crippen molar-refractivity contribution in [2.24, 2.45) is 0 Å². The van der Waals surface area contributed by atoms with Gasteiger partial charge in [0.25, 0.3) is 20.2 Å². The molecule has 0 unspecified atom stereocenters. The molecule has 0 saturated carbocycles. The van der Waals surface area contributed by atoms with E-state index in [1.807, 2.05) is 0 Å². The fourth-order valence-electron chi connectivity index (χ4n) is 1.97. The predicted octanol–water partition coefficient (Wildman–Crippen LogP) is -5.44. The molecule has 0 atom stereocenters. The minimum absolute atomic E-state index is 0. The Morgan fingerprint density at radius 3 is 0.794 bits per heavy atom. The summed E-state index contributed by atoms with van der Waals surface area (Å²) in [5.74, 6) is -7.08. The molecule has 0 aliphatic heterocycles. The summed E-state index contributed by atoms with van der Waals surface area (Å²) in [7, 11) is -9.39. The van der Waals surface area contributed by atoms with Crippen molar-refractivity contribution in [1.82, 2.24) is 0 Å². The van der Waals surface area contributed by atoms with Crippen molar-refractivity contribution in [2.45, 2.75) is 9.79 Å². The zero-order valence-electron chi connectivity index (χ0n) is 16.5. The van der Waals surface area contributed by atoms with Crippen LogP contribution >= 0.6 is 0 Å². The Morgan fingerprint density at radius 2 is 0.676 bits per heavy atom. The molecule has 0 aliphatic rings. The molecule has 2 rings (SSSR count). The number of hydrogen-bond donors (Lipinski definition) is 2. The molecule has 0 spiro atoms. The van der Waals surface area contributed by atoms with Gasteiger partial charge in [0.05, 0.1) is 33.7 Å². The molecule has 0 aliphatic carbocycles. The number of aromatic carboxylic acids is 4. The van der Waals surface area contributed by atoms with E-state index in [1.165, 1.54) is 0 Å². The van der Waals surface area contributed by atoms with E-state index < -0.39 is 76.2 Å². The van der Waals surface area contributed by atoms with Gasteiger partial charge in [-0.05, 0) is 58.7 Å². The quantitative estimate of drug-likeness (QED) is 0.243. The molecule has 2 aromatic rings. The first kappa shape index (κ1) is 34.8. The van der Waals surface area contributed by atoms with E-state index in [0.29, 0.717) is 36.4 Å². The van der Waals surface area contributed by atoms with Crippen molar-refractivity contribution in [3.63, 3.8) is 0 Å². The molecular weight excluding hydrogens is 560 g/mol.